The molecular weight excluding hydrogens is 432 g/mol. The molecule has 0 unspecified atom stereocenters. The number of carbonyl (C=O) groups is 3. The first-order valence-electron chi connectivity index (χ1n) is 9.73. The Bertz CT molecular complexity index is 887. The van der Waals surface area contributed by atoms with Crippen LogP contribution in [0.1, 0.15) is 53.0 Å². The molecule has 0 saturated carbocycles. The van der Waals surface area contributed by atoms with Gasteiger partial charge >= 0.3 is 0 Å². The van der Waals surface area contributed by atoms with E-state index in [9.17, 15) is 14.4 Å². The summed E-state index contributed by atoms with van der Waals surface area (Å²) in [5.74, 6) is -0.617. The zero-order valence-electron chi connectivity index (χ0n) is 16.7. The first-order valence-corrected chi connectivity index (χ1v) is 10.5. The Kier molecular flexibility index (Phi) is 6.52. The molecule has 0 aliphatic carbocycles. The molecule has 5 nitrogen and oxygen atoms in total. The van der Waals surface area contributed by atoms with Gasteiger partial charge in [0.2, 0.25) is 5.91 Å². The molecule has 0 aromatic heterocycles. The van der Waals surface area contributed by atoms with E-state index in [2.05, 4.69) is 47.2 Å². The van der Waals surface area contributed by atoms with E-state index in [1.807, 2.05) is 12.1 Å². The third kappa shape index (κ3) is 5.32. The number of amides is 3. The van der Waals surface area contributed by atoms with Crippen LogP contribution >= 0.6 is 15.9 Å². The van der Waals surface area contributed by atoms with Crippen LogP contribution in [-0.2, 0) is 11.2 Å². The second kappa shape index (κ2) is 8.91. The normalized spacial score (nSPS) is 13.6. The molecule has 2 aromatic rings. The van der Waals surface area contributed by atoms with Gasteiger partial charge in [0.1, 0.15) is 0 Å². The van der Waals surface area contributed by atoms with Crippen molar-refractivity contribution in [2.24, 2.45) is 5.41 Å². The molecule has 3 rings (SSSR count). The fourth-order valence-electron chi connectivity index (χ4n) is 3.48. The van der Waals surface area contributed by atoms with Crippen molar-refractivity contribution in [3.8, 4) is 0 Å². The SMILES string of the molecule is CC(C)(CNC(=O)CCCN1C(=O)c2ccccc2C1=O)Cc1ccc(Br)cc1. The van der Waals surface area contributed by atoms with Crippen molar-refractivity contribution >= 4 is 33.7 Å². The summed E-state index contributed by atoms with van der Waals surface area (Å²) in [6, 6.07) is 15.0. The Morgan fingerprint density at radius 1 is 1.00 bits per heavy atom. The molecule has 1 heterocycles. The van der Waals surface area contributed by atoms with E-state index in [4.69, 9.17) is 0 Å². The van der Waals surface area contributed by atoms with Crippen molar-refractivity contribution in [1.29, 1.82) is 0 Å². The molecule has 0 spiro atoms. The molecule has 1 aliphatic heterocycles. The molecule has 29 heavy (non-hydrogen) atoms. The third-order valence-corrected chi connectivity index (χ3v) is 5.55. The first-order chi connectivity index (χ1) is 13.8. The Morgan fingerprint density at radius 3 is 2.17 bits per heavy atom. The minimum Gasteiger partial charge on any atom is -0.356 e. The van der Waals surface area contributed by atoms with Crippen LogP contribution < -0.4 is 5.32 Å². The molecule has 0 atom stereocenters. The lowest BCUT2D eigenvalue weighted by atomic mass is 9.85. The van der Waals surface area contributed by atoms with Gasteiger partial charge in [-0.15, -0.1) is 0 Å². The number of nitrogens with zero attached hydrogens (tertiary/aromatic N) is 1. The van der Waals surface area contributed by atoms with Gasteiger partial charge in [-0.2, -0.15) is 0 Å². The number of rotatable bonds is 8. The summed E-state index contributed by atoms with van der Waals surface area (Å²) in [6.07, 6.45) is 1.59. The Hall–Kier alpha value is -2.47. The van der Waals surface area contributed by atoms with Gasteiger partial charge in [0.15, 0.2) is 0 Å². The van der Waals surface area contributed by atoms with Gasteiger partial charge < -0.3 is 5.32 Å². The molecular formula is C23H25BrN2O3. The summed E-state index contributed by atoms with van der Waals surface area (Å²) in [4.78, 5) is 38.1. The lowest BCUT2D eigenvalue weighted by molar-refractivity contribution is -0.121. The van der Waals surface area contributed by atoms with Crippen LogP contribution in [0.4, 0.5) is 0 Å². The maximum absolute atomic E-state index is 12.3. The quantitative estimate of drug-likeness (QED) is 0.604. The molecule has 3 amide bonds. The molecule has 2 aromatic carbocycles. The molecule has 152 valence electrons. The zero-order valence-corrected chi connectivity index (χ0v) is 18.3. The van der Waals surface area contributed by atoms with E-state index >= 15 is 0 Å². The van der Waals surface area contributed by atoms with E-state index < -0.39 is 0 Å². The third-order valence-electron chi connectivity index (χ3n) is 5.02. The fraction of sp³-hybridized carbons (Fsp3) is 0.348. The number of nitrogens with one attached hydrogen (secondary N) is 1. The molecule has 1 aliphatic rings. The van der Waals surface area contributed by atoms with Crippen LogP contribution in [0.5, 0.6) is 0 Å². The van der Waals surface area contributed by atoms with Crippen molar-refractivity contribution in [3.05, 3.63) is 69.7 Å². The molecule has 1 N–H and O–H groups in total. The average Bonchev–Trinajstić information content (AvgIpc) is 2.93. The average molecular weight is 457 g/mol. The monoisotopic (exact) mass is 456 g/mol. The minimum atomic E-state index is -0.276. The van der Waals surface area contributed by atoms with Gasteiger partial charge in [-0.3, -0.25) is 19.3 Å². The van der Waals surface area contributed by atoms with Crippen molar-refractivity contribution in [2.45, 2.75) is 33.1 Å². The van der Waals surface area contributed by atoms with E-state index in [1.165, 1.54) is 10.5 Å². The Morgan fingerprint density at radius 2 is 1.59 bits per heavy atom. The van der Waals surface area contributed by atoms with E-state index in [0.29, 0.717) is 24.1 Å². The number of hydrogen-bond donors (Lipinski definition) is 1. The molecule has 0 bridgehead atoms. The lowest BCUT2D eigenvalue weighted by Crippen LogP contribution is -2.36. The zero-order chi connectivity index (χ0) is 21.0. The van der Waals surface area contributed by atoms with Crippen molar-refractivity contribution in [1.82, 2.24) is 10.2 Å². The van der Waals surface area contributed by atoms with Gasteiger partial charge in [-0.05, 0) is 48.1 Å². The smallest absolute Gasteiger partial charge is 0.261 e. The minimum absolute atomic E-state index is 0.0644. The lowest BCUT2D eigenvalue weighted by Gasteiger charge is -2.25. The number of benzene rings is 2. The highest BCUT2D eigenvalue weighted by molar-refractivity contribution is 9.10. The van der Waals surface area contributed by atoms with Gasteiger partial charge in [0.25, 0.3) is 11.8 Å². The van der Waals surface area contributed by atoms with Crippen LogP contribution in [0.3, 0.4) is 0 Å². The number of carbonyl (C=O) groups excluding carboxylic acids is 3. The second-order valence-electron chi connectivity index (χ2n) is 8.16. The summed E-state index contributed by atoms with van der Waals surface area (Å²) in [6.45, 7) is 5.05. The highest BCUT2D eigenvalue weighted by Crippen LogP contribution is 2.23. The van der Waals surface area contributed by atoms with E-state index in [-0.39, 0.29) is 36.1 Å². The predicted molar refractivity (Wildman–Crippen MR) is 116 cm³/mol. The maximum atomic E-state index is 12.3. The van der Waals surface area contributed by atoms with Gasteiger partial charge in [0, 0.05) is 24.0 Å². The molecule has 6 heteroatoms. The summed E-state index contributed by atoms with van der Waals surface area (Å²) >= 11 is 3.44. The van der Waals surface area contributed by atoms with Crippen molar-refractivity contribution in [2.75, 3.05) is 13.1 Å². The van der Waals surface area contributed by atoms with Crippen LogP contribution in [-0.4, -0.2) is 35.7 Å². The number of halogens is 1. The highest BCUT2D eigenvalue weighted by Gasteiger charge is 2.34. The van der Waals surface area contributed by atoms with Crippen molar-refractivity contribution < 1.29 is 14.4 Å². The van der Waals surface area contributed by atoms with Crippen LogP contribution in [0.25, 0.3) is 0 Å². The largest absolute Gasteiger partial charge is 0.356 e. The number of imide groups is 1. The fourth-order valence-corrected chi connectivity index (χ4v) is 3.75. The van der Waals surface area contributed by atoms with Gasteiger partial charge in [0.05, 0.1) is 11.1 Å². The van der Waals surface area contributed by atoms with Crippen LogP contribution in [0.2, 0.25) is 0 Å². The number of fused-ring (bicyclic) bond motifs is 1. The Labute approximate surface area is 179 Å². The maximum Gasteiger partial charge on any atom is 0.261 e. The topological polar surface area (TPSA) is 66.5 Å². The van der Waals surface area contributed by atoms with E-state index in [1.54, 1.807) is 24.3 Å². The van der Waals surface area contributed by atoms with E-state index in [0.717, 1.165) is 10.9 Å². The first kappa shape index (κ1) is 21.2. The second-order valence-corrected chi connectivity index (χ2v) is 9.07. The highest BCUT2D eigenvalue weighted by atomic mass is 79.9. The van der Waals surface area contributed by atoms with Crippen molar-refractivity contribution in [3.63, 3.8) is 0 Å². The number of hydrogen-bond acceptors (Lipinski definition) is 3. The summed E-state index contributed by atoms with van der Waals surface area (Å²) < 4.78 is 1.05. The van der Waals surface area contributed by atoms with Gasteiger partial charge in [-0.25, -0.2) is 0 Å². The van der Waals surface area contributed by atoms with Gasteiger partial charge in [-0.1, -0.05) is 54.0 Å². The van der Waals surface area contributed by atoms with Crippen LogP contribution in [0, 0.1) is 5.41 Å². The Balaban J connectivity index is 1.43. The summed E-state index contributed by atoms with van der Waals surface area (Å²) in [7, 11) is 0. The predicted octanol–water partition coefficient (Wildman–Crippen LogP) is 4.21. The van der Waals surface area contributed by atoms with Crippen LogP contribution in [0.15, 0.2) is 53.0 Å². The molecule has 0 saturated heterocycles. The summed E-state index contributed by atoms with van der Waals surface area (Å²) in [5, 5.41) is 2.98. The summed E-state index contributed by atoms with van der Waals surface area (Å²) in [5.41, 5.74) is 2.03. The standard InChI is InChI=1S/C23H25BrN2O3/c1-23(2,14-16-9-11-17(24)12-10-16)15-25-20(27)8-5-13-26-21(28)18-6-3-4-7-19(18)22(26)29/h3-4,6-7,9-12H,5,8,13-15H2,1-2H3,(H,25,27). The molecule has 0 radical (unpaired) electrons. The molecule has 0 fully saturated rings.